The molecule has 3 aromatic heterocycles. The van der Waals surface area contributed by atoms with Gasteiger partial charge in [-0.05, 0) is 55.5 Å². The number of nitrogens with one attached hydrogen (secondary N) is 1. The first-order chi connectivity index (χ1) is 16.7. The van der Waals surface area contributed by atoms with Crippen molar-refractivity contribution >= 4 is 34.0 Å². The molecule has 3 heterocycles. The number of hydrogen-bond donors (Lipinski definition) is 1. The number of para-hydroxylation sites is 1. The molecule has 0 saturated heterocycles. The molecule has 34 heavy (non-hydrogen) atoms. The second-order valence-electron chi connectivity index (χ2n) is 7.93. The highest BCUT2D eigenvalue weighted by Crippen LogP contribution is 2.37. The average molecular weight is 487 g/mol. The lowest BCUT2D eigenvalue weighted by Gasteiger charge is -2.10. The summed E-state index contributed by atoms with van der Waals surface area (Å²) in [5.41, 5.74) is 3.56. The number of anilines is 1. The maximum atomic E-state index is 12.9. The van der Waals surface area contributed by atoms with E-state index in [1.807, 2.05) is 47.0 Å². The first kappa shape index (κ1) is 22.3. The molecule has 1 aliphatic rings. The average Bonchev–Trinajstić information content (AvgIpc) is 3.36. The van der Waals surface area contributed by atoms with Crippen LogP contribution in [0.5, 0.6) is 0 Å². The van der Waals surface area contributed by atoms with Crippen LogP contribution in [0.25, 0.3) is 17.1 Å². The molecule has 1 aliphatic carbocycles. The van der Waals surface area contributed by atoms with Crippen molar-refractivity contribution < 1.29 is 4.79 Å². The molecule has 0 fully saturated rings. The van der Waals surface area contributed by atoms with Crippen molar-refractivity contribution in [2.45, 2.75) is 37.3 Å². The van der Waals surface area contributed by atoms with E-state index in [0.717, 1.165) is 42.5 Å². The van der Waals surface area contributed by atoms with Gasteiger partial charge in [0.15, 0.2) is 11.0 Å². The van der Waals surface area contributed by atoms with Crippen molar-refractivity contribution in [3.63, 3.8) is 0 Å². The van der Waals surface area contributed by atoms with Gasteiger partial charge in [0.1, 0.15) is 11.1 Å². The molecule has 170 valence electrons. The van der Waals surface area contributed by atoms with Crippen molar-refractivity contribution in [1.82, 2.24) is 19.7 Å². The highest BCUT2D eigenvalue weighted by Gasteiger charge is 2.22. The van der Waals surface area contributed by atoms with Gasteiger partial charge in [0.2, 0.25) is 5.91 Å². The van der Waals surface area contributed by atoms with Crippen LogP contribution in [0.3, 0.4) is 0 Å². The second kappa shape index (κ2) is 10.2. The van der Waals surface area contributed by atoms with Gasteiger partial charge < -0.3 is 5.32 Å². The number of fused-ring (bicyclic) bond motifs is 1. The Labute approximate surface area is 205 Å². The van der Waals surface area contributed by atoms with Crippen molar-refractivity contribution in [3.8, 4) is 23.1 Å². The number of carbonyl (C=O) groups is 1. The van der Waals surface area contributed by atoms with Crippen molar-refractivity contribution in [3.05, 3.63) is 70.9 Å². The molecule has 1 N–H and O–H groups in total. The number of nitriles is 1. The van der Waals surface area contributed by atoms with Crippen LogP contribution in [0.2, 0.25) is 0 Å². The summed E-state index contributed by atoms with van der Waals surface area (Å²) in [6, 6.07) is 15.9. The van der Waals surface area contributed by atoms with E-state index in [2.05, 4.69) is 26.6 Å². The quantitative estimate of drug-likeness (QED) is 0.295. The molecule has 0 aliphatic heterocycles. The Morgan fingerprint density at radius 1 is 1.09 bits per heavy atom. The van der Waals surface area contributed by atoms with Gasteiger partial charge in [-0.15, -0.1) is 21.5 Å². The number of benzene rings is 1. The molecule has 1 amide bonds. The van der Waals surface area contributed by atoms with Crippen molar-refractivity contribution in [1.29, 1.82) is 5.26 Å². The van der Waals surface area contributed by atoms with E-state index in [-0.39, 0.29) is 11.7 Å². The molecular weight excluding hydrogens is 464 g/mol. The number of pyridine rings is 1. The fourth-order valence-electron chi connectivity index (χ4n) is 4.10. The van der Waals surface area contributed by atoms with E-state index < -0.39 is 0 Å². The fraction of sp³-hybridized carbons (Fsp3) is 0.240. The van der Waals surface area contributed by atoms with Gasteiger partial charge in [0.05, 0.1) is 11.3 Å². The van der Waals surface area contributed by atoms with E-state index in [1.54, 1.807) is 23.7 Å². The minimum atomic E-state index is -0.161. The van der Waals surface area contributed by atoms with Gasteiger partial charge in [0.25, 0.3) is 0 Å². The van der Waals surface area contributed by atoms with Gasteiger partial charge in [-0.1, -0.05) is 36.4 Å². The second-order valence-corrected chi connectivity index (χ2v) is 9.98. The fourth-order valence-corrected chi connectivity index (χ4v) is 6.11. The van der Waals surface area contributed by atoms with Crippen molar-refractivity contribution in [2.75, 3.05) is 11.1 Å². The molecule has 0 bridgehead atoms. The molecule has 0 atom stereocenters. The lowest BCUT2D eigenvalue weighted by atomic mass is 10.1. The first-order valence-electron chi connectivity index (χ1n) is 11.1. The Morgan fingerprint density at radius 2 is 1.88 bits per heavy atom. The van der Waals surface area contributed by atoms with Crippen LogP contribution in [0.1, 0.15) is 35.3 Å². The summed E-state index contributed by atoms with van der Waals surface area (Å²) in [7, 11) is 0. The van der Waals surface area contributed by atoms with Crippen LogP contribution >= 0.6 is 23.1 Å². The highest BCUT2D eigenvalue weighted by molar-refractivity contribution is 7.99. The topological polar surface area (TPSA) is 96.5 Å². The number of carbonyl (C=O) groups excluding carboxylic acids is 1. The monoisotopic (exact) mass is 486 g/mol. The Kier molecular flexibility index (Phi) is 6.70. The Hall–Kier alpha value is -3.48. The molecule has 0 unspecified atom stereocenters. The van der Waals surface area contributed by atoms with Crippen LogP contribution in [0.4, 0.5) is 5.00 Å². The first-order valence-corrected chi connectivity index (χ1v) is 12.9. The normalized spacial score (nSPS) is 13.0. The lowest BCUT2D eigenvalue weighted by Crippen LogP contribution is -2.14. The Balaban J connectivity index is 1.36. The Bertz CT molecular complexity index is 1340. The standard InChI is InChI=1S/C25H22N6OS2/c26-15-20-19-9-5-2-6-10-21(19)34-24(20)28-22(32)16-33-25-30-29-23(17-11-13-27-14-12-17)31(25)18-7-3-1-4-8-18/h1,3-4,7-8,11-14H,2,5-6,9-10,16H2,(H,28,32). The molecule has 1 aromatic carbocycles. The summed E-state index contributed by atoms with van der Waals surface area (Å²) in [4.78, 5) is 18.2. The third-order valence-corrected chi connectivity index (χ3v) is 7.84. The number of thiophene rings is 1. The van der Waals surface area contributed by atoms with Crippen LogP contribution < -0.4 is 5.32 Å². The van der Waals surface area contributed by atoms with E-state index in [1.165, 1.54) is 23.1 Å². The number of amides is 1. The molecule has 0 saturated carbocycles. The smallest absolute Gasteiger partial charge is 0.235 e. The Morgan fingerprint density at radius 3 is 2.68 bits per heavy atom. The number of nitrogens with zero attached hydrogens (tertiary/aromatic N) is 5. The minimum Gasteiger partial charge on any atom is -0.316 e. The zero-order valence-corrected chi connectivity index (χ0v) is 20.0. The highest BCUT2D eigenvalue weighted by atomic mass is 32.2. The van der Waals surface area contributed by atoms with E-state index in [4.69, 9.17) is 0 Å². The maximum absolute atomic E-state index is 12.9. The summed E-state index contributed by atoms with van der Waals surface area (Å²) >= 11 is 2.87. The van der Waals surface area contributed by atoms with Crippen LogP contribution in [0.15, 0.2) is 60.0 Å². The summed E-state index contributed by atoms with van der Waals surface area (Å²) in [5.74, 6) is 0.686. The van der Waals surface area contributed by atoms with E-state index >= 15 is 0 Å². The molecule has 4 aromatic rings. The number of thioether (sulfide) groups is 1. The van der Waals surface area contributed by atoms with Gasteiger partial charge in [-0.25, -0.2) is 0 Å². The number of aryl methyl sites for hydroxylation is 1. The predicted octanol–water partition coefficient (Wildman–Crippen LogP) is 5.26. The van der Waals surface area contributed by atoms with Gasteiger partial charge in [0, 0.05) is 28.5 Å². The number of aromatic nitrogens is 4. The molecule has 9 heteroatoms. The number of hydrogen-bond acceptors (Lipinski definition) is 7. The molecule has 0 radical (unpaired) electrons. The zero-order chi connectivity index (χ0) is 23.3. The lowest BCUT2D eigenvalue weighted by molar-refractivity contribution is -0.113. The SMILES string of the molecule is N#Cc1c(NC(=O)CSc2nnc(-c3ccncc3)n2-c2ccccc2)sc2c1CCCCC2. The summed E-state index contributed by atoms with van der Waals surface area (Å²) in [5, 5.41) is 22.8. The molecule has 0 spiro atoms. The third kappa shape index (κ3) is 4.60. The van der Waals surface area contributed by atoms with Gasteiger partial charge in [-0.2, -0.15) is 5.26 Å². The van der Waals surface area contributed by atoms with E-state index in [9.17, 15) is 10.1 Å². The third-order valence-electron chi connectivity index (χ3n) is 5.70. The number of rotatable bonds is 6. The zero-order valence-electron chi connectivity index (χ0n) is 18.4. The molecule has 7 nitrogen and oxygen atoms in total. The summed E-state index contributed by atoms with van der Waals surface area (Å²) in [6.45, 7) is 0. The van der Waals surface area contributed by atoms with Crippen LogP contribution in [0, 0.1) is 11.3 Å². The maximum Gasteiger partial charge on any atom is 0.235 e. The van der Waals surface area contributed by atoms with Crippen LogP contribution in [-0.2, 0) is 17.6 Å². The summed E-state index contributed by atoms with van der Waals surface area (Å²) < 4.78 is 1.95. The molecular formula is C25H22N6OS2. The minimum absolute atomic E-state index is 0.161. The van der Waals surface area contributed by atoms with Gasteiger partial charge in [-0.3, -0.25) is 14.3 Å². The largest absolute Gasteiger partial charge is 0.316 e. The van der Waals surface area contributed by atoms with E-state index in [0.29, 0.717) is 21.5 Å². The summed E-state index contributed by atoms with van der Waals surface area (Å²) in [6.07, 6.45) is 8.75. The van der Waals surface area contributed by atoms with Crippen molar-refractivity contribution in [2.24, 2.45) is 0 Å². The predicted molar refractivity (Wildman–Crippen MR) is 134 cm³/mol. The van der Waals surface area contributed by atoms with Gasteiger partial charge >= 0.3 is 0 Å². The molecule has 5 rings (SSSR count). The van der Waals surface area contributed by atoms with Crippen LogP contribution in [-0.4, -0.2) is 31.4 Å².